The van der Waals surface area contributed by atoms with Crippen molar-refractivity contribution in [3.05, 3.63) is 46.7 Å². The highest BCUT2D eigenvalue weighted by Crippen LogP contribution is 2.33. The molecule has 7 heteroatoms. The Morgan fingerprint density at radius 2 is 2.19 bits per heavy atom. The van der Waals surface area contributed by atoms with Crippen molar-refractivity contribution in [1.82, 2.24) is 24.7 Å². The molecule has 1 aliphatic heterocycles. The smallest absolute Gasteiger partial charge is 0.259 e. The maximum atomic E-state index is 13.3. The summed E-state index contributed by atoms with van der Waals surface area (Å²) in [7, 11) is 0. The van der Waals surface area contributed by atoms with E-state index in [9.17, 15) is 4.79 Å². The topological polar surface area (TPSA) is 76.5 Å². The van der Waals surface area contributed by atoms with Gasteiger partial charge in [0, 0.05) is 18.3 Å². The lowest BCUT2D eigenvalue weighted by atomic mass is 9.97. The summed E-state index contributed by atoms with van der Waals surface area (Å²) in [6.07, 6.45) is 5.42. The molecule has 4 rings (SSSR count). The SMILES string of the molecule is CCc1noc(C)c1C(=O)N1CCCC[C@@H]1c1cc(C)n2nccc2n1. The molecule has 1 fully saturated rings. The van der Waals surface area contributed by atoms with Gasteiger partial charge in [0.2, 0.25) is 0 Å². The van der Waals surface area contributed by atoms with E-state index in [2.05, 4.69) is 10.3 Å². The Bertz CT molecular complexity index is 958. The lowest BCUT2D eigenvalue weighted by Gasteiger charge is -2.35. The van der Waals surface area contributed by atoms with Crippen LogP contribution in [0.5, 0.6) is 0 Å². The number of amides is 1. The molecule has 0 N–H and O–H groups in total. The van der Waals surface area contributed by atoms with Gasteiger partial charge in [0.15, 0.2) is 5.65 Å². The summed E-state index contributed by atoms with van der Waals surface area (Å²) in [4.78, 5) is 20.0. The number of likely N-dealkylation sites (tertiary alicyclic amines) is 1. The Labute approximate surface area is 152 Å². The molecule has 1 atom stereocenters. The normalized spacial score (nSPS) is 17.8. The number of fused-ring (bicyclic) bond motifs is 1. The van der Waals surface area contributed by atoms with Crippen LogP contribution in [-0.4, -0.2) is 37.1 Å². The van der Waals surface area contributed by atoms with E-state index < -0.39 is 0 Å². The van der Waals surface area contributed by atoms with Crippen molar-refractivity contribution < 1.29 is 9.32 Å². The fourth-order valence-corrected chi connectivity index (χ4v) is 3.82. The highest BCUT2D eigenvalue weighted by molar-refractivity contribution is 5.96. The molecule has 1 saturated heterocycles. The summed E-state index contributed by atoms with van der Waals surface area (Å²) < 4.78 is 7.10. The van der Waals surface area contributed by atoms with Crippen LogP contribution in [0.2, 0.25) is 0 Å². The highest BCUT2D eigenvalue weighted by Gasteiger charge is 2.33. The second-order valence-corrected chi connectivity index (χ2v) is 6.85. The molecular formula is C19H23N5O2. The summed E-state index contributed by atoms with van der Waals surface area (Å²) in [5.74, 6) is 0.588. The standard InChI is InChI=1S/C19H23N5O2/c1-4-14-18(13(3)26-22-14)19(25)23-10-6-5-7-16(23)15-11-12(2)24-17(21-15)8-9-20-24/h8-9,11,16H,4-7,10H2,1-3H3/t16-/m1/s1. The highest BCUT2D eigenvalue weighted by atomic mass is 16.5. The van der Waals surface area contributed by atoms with E-state index >= 15 is 0 Å². The van der Waals surface area contributed by atoms with Crippen LogP contribution >= 0.6 is 0 Å². The quantitative estimate of drug-likeness (QED) is 0.722. The van der Waals surface area contributed by atoms with E-state index in [0.717, 1.165) is 48.5 Å². The number of hydrogen-bond acceptors (Lipinski definition) is 5. The lowest BCUT2D eigenvalue weighted by molar-refractivity contribution is 0.0603. The Kier molecular flexibility index (Phi) is 4.22. The van der Waals surface area contributed by atoms with Gasteiger partial charge in [0.25, 0.3) is 5.91 Å². The monoisotopic (exact) mass is 353 g/mol. The van der Waals surface area contributed by atoms with Gasteiger partial charge < -0.3 is 9.42 Å². The zero-order chi connectivity index (χ0) is 18.3. The number of hydrogen-bond donors (Lipinski definition) is 0. The van der Waals surface area contributed by atoms with Crippen LogP contribution in [-0.2, 0) is 6.42 Å². The third kappa shape index (κ3) is 2.67. The predicted molar refractivity (Wildman–Crippen MR) is 96.0 cm³/mol. The van der Waals surface area contributed by atoms with Crippen molar-refractivity contribution in [3.63, 3.8) is 0 Å². The first kappa shape index (κ1) is 16.8. The Morgan fingerprint density at radius 1 is 1.35 bits per heavy atom. The molecule has 7 nitrogen and oxygen atoms in total. The minimum Gasteiger partial charge on any atom is -0.361 e. The number of nitrogens with zero attached hydrogens (tertiary/aromatic N) is 5. The van der Waals surface area contributed by atoms with E-state index in [4.69, 9.17) is 9.51 Å². The van der Waals surface area contributed by atoms with Crippen LogP contribution in [0.1, 0.15) is 65.4 Å². The average Bonchev–Trinajstić information content (AvgIpc) is 3.27. The molecule has 0 spiro atoms. The van der Waals surface area contributed by atoms with Gasteiger partial charge in [-0.15, -0.1) is 0 Å². The van der Waals surface area contributed by atoms with Gasteiger partial charge in [-0.3, -0.25) is 4.79 Å². The number of rotatable bonds is 3. The minimum absolute atomic E-state index is 0.00173. The molecule has 0 aliphatic carbocycles. The molecule has 0 aromatic carbocycles. The second kappa shape index (κ2) is 6.55. The summed E-state index contributed by atoms with van der Waals surface area (Å²) >= 11 is 0. The van der Waals surface area contributed by atoms with Crippen molar-refractivity contribution in [1.29, 1.82) is 0 Å². The maximum absolute atomic E-state index is 13.3. The molecule has 1 amide bonds. The van der Waals surface area contributed by atoms with Crippen molar-refractivity contribution in [2.24, 2.45) is 0 Å². The maximum Gasteiger partial charge on any atom is 0.259 e. The molecule has 4 heterocycles. The number of aryl methyl sites for hydroxylation is 3. The Morgan fingerprint density at radius 3 is 3.00 bits per heavy atom. The molecule has 3 aromatic heterocycles. The molecule has 0 saturated carbocycles. The van der Waals surface area contributed by atoms with Gasteiger partial charge in [0.05, 0.1) is 23.6 Å². The zero-order valence-electron chi connectivity index (χ0n) is 15.4. The fourth-order valence-electron chi connectivity index (χ4n) is 3.82. The first-order valence-electron chi connectivity index (χ1n) is 9.17. The fraction of sp³-hybridized carbons (Fsp3) is 0.474. The molecule has 136 valence electrons. The summed E-state index contributed by atoms with van der Waals surface area (Å²) in [5.41, 5.74) is 4.10. The van der Waals surface area contributed by atoms with Crippen LogP contribution in [0.15, 0.2) is 22.9 Å². The van der Waals surface area contributed by atoms with Crippen molar-refractivity contribution in [2.45, 2.75) is 52.5 Å². The molecule has 0 radical (unpaired) electrons. The van der Waals surface area contributed by atoms with Crippen molar-refractivity contribution in [3.8, 4) is 0 Å². The van der Waals surface area contributed by atoms with Crippen LogP contribution in [0.3, 0.4) is 0 Å². The molecular weight excluding hydrogens is 330 g/mol. The zero-order valence-corrected chi connectivity index (χ0v) is 15.4. The van der Waals surface area contributed by atoms with Crippen LogP contribution in [0.25, 0.3) is 5.65 Å². The average molecular weight is 353 g/mol. The second-order valence-electron chi connectivity index (χ2n) is 6.85. The van der Waals surface area contributed by atoms with Crippen molar-refractivity contribution >= 4 is 11.6 Å². The number of carbonyl (C=O) groups excluding carboxylic acids is 1. The third-order valence-electron chi connectivity index (χ3n) is 5.14. The van der Waals surface area contributed by atoms with Gasteiger partial charge in [-0.1, -0.05) is 12.1 Å². The predicted octanol–water partition coefficient (Wildman–Crippen LogP) is 3.26. The van der Waals surface area contributed by atoms with Crippen LogP contribution in [0, 0.1) is 13.8 Å². The molecule has 1 aliphatic rings. The van der Waals surface area contributed by atoms with Gasteiger partial charge in [-0.25, -0.2) is 9.50 Å². The summed E-state index contributed by atoms with van der Waals surface area (Å²) in [6, 6.07) is 3.90. The molecule has 3 aromatic rings. The van der Waals surface area contributed by atoms with Gasteiger partial charge >= 0.3 is 0 Å². The first-order chi connectivity index (χ1) is 12.6. The van der Waals surface area contributed by atoms with Gasteiger partial charge in [0.1, 0.15) is 11.3 Å². The van der Waals surface area contributed by atoms with Crippen LogP contribution in [0.4, 0.5) is 0 Å². The summed E-state index contributed by atoms with van der Waals surface area (Å²) in [5, 5.41) is 8.33. The van der Waals surface area contributed by atoms with E-state index in [0.29, 0.717) is 17.7 Å². The minimum atomic E-state index is -0.0335. The third-order valence-corrected chi connectivity index (χ3v) is 5.14. The van der Waals surface area contributed by atoms with Crippen molar-refractivity contribution in [2.75, 3.05) is 6.54 Å². The van der Waals surface area contributed by atoms with E-state index in [-0.39, 0.29) is 11.9 Å². The molecule has 0 unspecified atom stereocenters. The number of aromatic nitrogens is 4. The Balaban J connectivity index is 1.74. The van der Waals surface area contributed by atoms with E-state index in [1.807, 2.05) is 35.4 Å². The number of piperidine rings is 1. The molecule has 26 heavy (non-hydrogen) atoms. The first-order valence-corrected chi connectivity index (χ1v) is 9.17. The largest absolute Gasteiger partial charge is 0.361 e. The van der Waals surface area contributed by atoms with E-state index in [1.165, 1.54) is 0 Å². The van der Waals surface area contributed by atoms with Gasteiger partial charge in [-0.05, 0) is 45.6 Å². The molecule has 0 bridgehead atoms. The summed E-state index contributed by atoms with van der Waals surface area (Å²) in [6.45, 7) is 6.53. The van der Waals surface area contributed by atoms with Crippen LogP contribution < -0.4 is 0 Å². The lowest BCUT2D eigenvalue weighted by Crippen LogP contribution is -2.39. The number of carbonyl (C=O) groups is 1. The Hall–Kier alpha value is -2.70. The van der Waals surface area contributed by atoms with E-state index in [1.54, 1.807) is 13.1 Å². The van der Waals surface area contributed by atoms with Gasteiger partial charge in [-0.2, -0.15) is 5.10 Å².